The molecule has 1 fully saturated rings. The quantitative estimate of drug-likeness (QED) is 0.687. The molecular formula is C13H18Br2N2O2S2. The molecule has 1 aliphatic heterocycles. The van der Waals surface area contributed by atoms with Gasteiger partial charge in [0.1, 0.15) is 4.90 Å². The average Bonchev–Trinajstić information content (AvgIpc) is 2.48. The molecule has 1 aromatic rings. The van der Waals surface area contributed by atoms with E-state index in [0.717, 1.165) is 16.6 Å². The van der Waals surface area contributed by atoms with Crippen molar-refractivity contribution in [3.05, 3.63) is 21.1 Å². The summed E-state index contributed by atoms with van der Waals surface area (Å²) in [7, 11) is -3.59. The van der Waals surface area contributed by atoms with Crippen molar-refractivity contribution in [2.75, 3.05) is 24.6 Å². The predicted molar refractivity (Wildman–Crippen MR) is 96.2 cm³/mol. The zero-order valence-corrected chi connectivity index (χ0v) is 16.7. The number of thioether (sulfide) groups is 1. The van der Waals surface area contributed by atoms with E-state index >= 15 is 0 Å². The maximum absolute atomic E-state index is 12.9. The molecule has 118 valence electrons. The fourth-order valence-electron chi connectivity index (χ4n) is 2.22. The minimum absolute atomic E-state index is 0.104. The van der Waals surface area contributed by atoms with Gasteiger partial charge >= 0.3 is 0 Å². The Hall–Kier alpha value is 0.240. The molecule has 0 unspecified atom stereocenters. The third-order valence-corrected chi connectivity index (χ3v) is 8.17. The lowest BCUT2D eigenvalue weighted by Gasteiger charge is -2.23. The van der Waals surface area contributed by atoms with Gasteiger partial charge in [-0.25, -0.2) is 8.42 Å². The lowest BCUT2D eigenvalue weighted by Crippen LogP contribution is -2.34. The summed E-state index contributed by atoms with van der Waals surface area (Å²) in [5, 5.41) is 0. The van der Waals surface area contributed by atoms with Gasteiger partial charge in [-0.2, -0.15) is 16.1 Å². The van der Waals surface area contributed by atoms with Crippen molar-refractivity contribution in [2.45, 2.75) is 29.9 Å². The van der Waals surface area contributed by atoms with Crippen molar-refractivity contribution in [3.8, 4) is 0 Å². The second kappa shape index (κ2) is 6.39. The zero-order valence-electron chi connectivity index (χ0n) is 11.9. The highest BCUT2D eigenvalue weighted by Crippen LogP contribution is 2.36. The molecule has 0 bridgehead atoms. The monoisotopic (exact) mass is 456 g/mol. The molecular weight excluding hydrogens is 440 g/mol. The fraction of sp³-hybridized carbons (Fsp3) is 0.538. The molecule has 1 saturated heterocycles. The van der Waals surface area contributed by atoms with E-state index in [-0.39, 0.29) is 15.3 Å². The Balaban J connectivity index is 2.39. The summed E-state index contributed by atoms with van der Waals surface area (Å²) in [6.45, 7) is 5.33. The first-order valence-electron chi connectivity index (χ1n) is 6.52. The van der Waals surface area contributed by atoms with Crippen LogP contribution < -0.4 is 5.73 Å². The molecule has 0 aromatic heterocycles. The summed E-state index contributed by atoms with van der Waals surface area (Å²) in [5.41, 5.74) is 6.19. The van der Waals surface area contributed by atoms with E-state index in [2.05, 4.69) is 45.7 Å². The lowest BCUT2D eigenvalue weighted by molar-refractivity contribution is 0.415. The van der Waals surface area contributed by atoms with Crippen LogP contribution in [0.2, 0.25) is 0 Å². The third kappa shape index (κ3) is 3.96. The predicted octanol–water partition coefficient (Wildman–Crippen LogP) is 3.70. The maximum atomic E-state index is 12.9. The van der Waals surface area contributed by atoms with E-state index in [0.29, 0.717) is 17.6 Å². The Labute approximate surface area is 147 Å². The van der Waals surface area contributed by atoms with Crippen molar-refractivity contribution < 1.29 is 8.42 Å². The molecule has 0 radical (unpaired) electrons. The van der Waals surface area contributed by atoms with Crippen LogP contribution in [0, 0.1) is 0 Å². The molecule has 8 heteroatoms. The van der Waals surface area contributed by atoms with E-state index in [1.807, 2.05) is 11.8 Å². The van der Waals surface area contributed by atoms with Crippen molar-refractivity contribution in [1.29, 1.82) is 0 Å². The van der Waals surface area contributed by atoms with Crippen LogP contribution in [0.1, 0.15) is 20.3 Å². The molecule has 0 spiro atoms. The van der Waals surface area contributed by atoms with Gasteiger partial charge in [0.25, 0.3) is 0 Å². The molecule has 0 saturated carbocycles. The Morgan fingerprint density at radius 2 is 1.95 bits per heavy atom. The molecule has 0 aliphatic carbocycles. The van der Waals surface area contributed by atoms with Gasteiger partial charge in [0.05, 0.1) is 5.69 Å². The Morgan fingerprint density at radius 1 is 1.29 bits per heavy atom. The minimum Gasteiger partial charge on any atom is -0.398 e. The van der Waals surface area contributed by atoms with E-state index in [1.165, 1.54) is 0 Å². The number of nitrogens with zero attached hydrogens (tertiary/aromatic N) is 1. The average molecular weight is 458 g/mol. The van der Waals surface area contributed by atoms with E-state index in [1.54, 1.807) is 16.4 Å². The Kier molecular flexibility index (Phi) is 5.35. The molecule has 1 aromatic carbocycles. The van der Waals surface area contributed by atoms with E-state index in [9.17, 15) is 8.42 Å². The number of hydrogen-bond acceptors (Lipinski definition) is 4. The molecule has 21 heavy (non-hydrogen) atoms. The van der Waals surface area contributed by atoms with E-state index < -0.39 is 10.0 Å². The largest absolute Gasteiger partial charge is 0.398 e. The van der Waals surface area contributed by atoms with Crippen LogP contribution in [0.4, 0.5) is 5.69 Å². The first-order chi connectivity index (χ1) is 9.63. The maximum Gasteiger partial charge on any atom is 0.246 e. The Bertz CT molecular complexity index is 625. The normalized spacial score (nSPS) is 20.2. The van der Waals surface area contributed by atoms with Gasteiger partial charge in [-0.05, 0) is 34.5 Å². The number of sulfonamides is 1. The number of anilines is 1. The van der Waals surface area contributed by atoms with Crippen LogP contribution in [0.5, 0.6) is 0 Å². The highest BCUT2D eigenvalue weighted by molar-refractivity contribution is 9.11. The Morgan fingerprint density at radius 3 is 2.57 bits per heavy atom. The number of benzene rings is 1. The van der Waals surface area contributed by atoms with Crippen molar-refractivity contribution in [2.24, 2.45) is 0 Å². The lowest BCUT2D eigenvalue weighted by atomic mass is 10.1. The van der Waals surface area contributed by atoms with Crippen LogP contribution in [0.3, 0.4) is 0 Å². The molecule has 0 atom stereocenters. The molecule has 2 rings (SSSR count). The van der Waals surface area contributed by atoms with Gasteiger partial charge < -0.3 is 5.73 Å². The summed E-state index contributed by atoms with van der Waals surface area (Å²) in [6.07, 6.45) is 0.824. The molecule has 2 N–H and O–H groups in total. The number of hydrogen-bond donors (Lipinski definition) is 1. The smallest absolute Gasteiger partial charge is 0.246 e. The summed E-state index contributed by atoms with van der Waals surface area (Å²) in [5.74, 6) is 0.792. The second-order valence-corrected chi connectivity index (χ2v) is 11.0. The number of halogens is 2. The highest BCUT2D eigenvalue weighted by Gasteiger charge is 2.33. The van der Waals surface area contributed by atoms with Crippen LogP contribution >= 0.6 is 43.6 Å². The molecule has 4 nitrogen and oxygen atoms in total. The fourth-order valence-corrected chi connectivity index (χ4v) is 6.89. The summed E-state index contributed by atoms with van der Waals surface area (Å²) in [6, 6.07) is 3.33. The highest BCUT2D eigenvalue weighted by atomic mass is 79.9. The standard InChI is InChI=1S/C13H18Br2N2O2S2/c1-13(2)3-4-17(5-6-20-13)21(18,19)12-10(15)7-9(14)8-11(12)16/h7-8H,3-6,16H2,1-2H3. The van der Waals surface area contributed by atoms with Crippen molar-refractivity contribution in [3.63, 3.8) is 0 Å². The molecule has 1 heterocycles. The first-order valence-corrected chi connectivity index (χ1v) is 10.5. The number of nitrogens with two attached hydrogens (primary N) is 1. The van der Waals surface area contributed by atoms with Gasteiger partial charge in [0.2, 0.25) is 10.0 Å². The first kappa shape index (κ1) is 17.6. The third-order valence-electron chi connectivity index (χ3n) is 3.43. The zero-order chi connectivity index (χ0) is 15.8. The molecule has 0 amide bonds. The van der Waals surface area contributed by atoms with Gasteiger partial charge in [-0.3, -0.25) is 0 Å². The minimum atomic E-state index is -3.59. The van der Waals surface area contributed by atoms with Gasteiger partial charge in [0.15, 0.2) is 0 Å². The van der Waals surface area contributed by atoms with Crippen molar-refractivity contribution >= 4 is 59.3 Å². The second-order valence-electron chi connectivity index (χ2n) is 5.57. The summed E-state index contributed by atoms with van der Waals surface area (Å²) < 4.78 is 28.7. The van der Waals surface area contributed by atoms with Crippen LogP contribution in [0.25, 0.3) is 0 Å². The number of nitrogen functional groups attached to an aromatic ring is 1. The van der Waals surface area contributed by atoms with Crippen LogP contribution in [0.15, 0.2) is 26.0 Å². The van der Waals surface area contributed by atoms with Crippen LogP contribution in [-0.2, 0) is 10.0 Å². The topological polar surface area (TPSA) is 63.4 Å². The number of rotatable bonds is 2. The summed E-state index contributed by atoms with van der Waals surface area (Å²) >= 11 is 8.45. The van der Waals surface area contributed by atoms with Crippen molar-refractivity contribution in [1.82, 2.24) is 4.31 Å². The van der Waals surface area contributed by atoms with Crippen LogP contribution in [-0.4, -0.2) is 36.3 Å². The van der Waals surface area contributed by atoms with E-state index in [4.69, 9.17) is 5.73 Å². The SMILES string of the molecule is CC1(C)CCN(S(=O)(=O)c2c(N)cc(Br)cc2Br)CCS1. The van der Waals surface area contributed by atoms with Gasteiger partial charge in [-0.15, -0.1) is 0 Å². The molecule has 1 aliphatic rings. The summed E-state index contributed by atoms with van der Waals surface area (Å²) in [4.78, 5) is 0.162. The van der Waals surface area contributed by atoms with Gasteiger partial charge in [-0.1, -0.05) is 29.8 Å². The van der Waals surface area contributed by atoms with Gasteiger partial charge in [0, 0.05) is 32.5 Å².